The molecule has 4 heteroatoms. The minimum absolute atomic E-state index is 0.000880. The van der Waals surface area contributed by atoms with Crippen LogP contribution < -0.4 is 0 Å². The van der Waals surface area contributed by atoms with Gasteiger partial charge in [0.05, 0.1) is 6.42 Å². The molecule has 0 radical (unpaired) electrons. The van der Waals surface area contributed by atoms with E-state index in [9.17, 15) is 9.59 Å². The van der Waals surface area contributed by atoms with Crippen molar-refractivity contribution in [1.29, 1.82) is 0 Å². The van der Waals surface area contributed by atoms with Gasteiger partial charge < -0.3 is 10.2 Å². The molecule has 0 aromatic rings. The minimum atomic E-state index is -0.912. The molecule has 0 heterocycles. The third-order valence-electron chi connectivity index (χ3n) is 1.53. The van der Waals surface area contributed by atoms with E-state index in [1.54, 1.807) is 6.08 Å². The summed E-state index contributed by atoms with van der Waals surface area (Å²) in [6.45, 7) is 1.89. The summed E-state index contributed by atoms with van der Waals surface area (Å²) in [7, 11) is 0. The first kappa shape index (κ1) is 11.7. The second kappa shape index (κ2) is 6.22. The summed E-state index contributed by atoms with van der Waals surface area (Å²) in [5.41, 5.74) is 0.692. The van der Waals surface area contributed by atoms with E-state index in [0.29, 0.717) is 12.0 Å². The molecule has 0 spiro atoms. The first-order valence-electron chi connectivity index (χ1n) is 4.17. The molecule has 13 heavy (non-hydrogen) atoms. The highest BCUT2D eigenvalue weighted by Crippen LogP contribution is 2.10. The molecular formula is C9H14O4. The van der Waals surface area contributed by atoms with Gasteiger partial charge in [0.15, 0.2) is 0 Å². The SMILES string of the molecule is CCC=C(CCC(=O)O)CC(=O)O. The van der Waals surface area contributed by atoms with Crippen LogP contribution in [-0.4, -0.2) is 22.2 Å². The minimum Gasteiger partial charge on any atom is -0.481 e. The zero-order valence-electron chi connectivity index (χ0n) is 7.62. The third kappa shape index (κ3) is 7.05. The largest absolute Gasteiger partial charge is 0.481 e. The predicted molar refractivity (Wildman–Crippen MR) is 47.5 cm³/mol. The molecule has 0 saturated heterocycles. The second-order valence-electron chi connectivity index (χ2n) is 2.73. The van der Waals surface area contributed by atoms with Crippen molar-refractivity contribution in [2.45, 2.75) is 32.6 Å². The van der Waals surface area contributed by atoms with E-state index in [1.165, 1.54) is 0 Å². The van der Waals surface area contributed by atoms with E-state index in [0.717, 1.165) is 6.42 Å². The van der Waals surface area contributed by atoms with Crippen LogP contribution in [0.1, 0.15) is 32.6 Å². The Bertz CT molecular complexity index is 218. The van der Waals surface area contributed by atoms with E-state index < -0.39 is 11.9 Å². The molecule has 0 amide bonds. The summed E-state index contributed by atoms with van der Waals surface area (Å²) >= 11 is 0. The summed E-state index contributed by atoms with van der Waals surface area (Å²) in [5.74, 6) is -1.81. The molecular weight excluding hydrogens is 172 g/mol. The van der Waals surface area contributed by atoms with Crippen molar-refractivity contribution in [2.24, 2.45) is 0 Å². The van der Waals surface area contributed by atoms with Crippen molar-refractivity contribution < 1.29 is 19.8 Å². The first-order chi connectivity index (χ1) is 6.06. The Morgan fingerprint density at radius 2 is 1.77 bits per heavy atom. The van der Waals surface area contributed by atoms with Crippen LogP contribution in [0.5, 0.6) is 0 Å². The van der Waals surface area contributed by atoms with Crippen molar-refractivity contribution in [3.63, 3.8) is 0 Å². The predicted octanol–water partition coefficient (Wildman–Crippen LogP) is 1.66. The van der Waals surface area contributed by atoms with E-state index in [-0.39, 0.29) is 12.8 Å². The Kier molecular flexibility index (Phi) is 5.59. The molecule has 2 N–H and O–H groups in total. The summed E-state index contributed by atoms with van der Waals surface area (Å²) in [6, 6.07) is 0. The molecule has 0 rings (SSSR count). The summed E-state index contributed by atoms with van der Waals surface area (Å²) < 4.78 is 0. The maximum absolute atomic E-state index is 10.3. The van der Waals surface area contributed by atoms with Gasteiger partial charge in [-0.25, -0.2) is 0 Å². The standard InChI is InChI=1S/C9H14O4/c1-2-3-7(6-9(12)13)4-5-8(10)11/h3H,2,4-6H2,1H3,(H,10,11)(H,12,13). The number of carbonyl (C=O) groups is 2. The van der Waals surface area contributed by atoms with Crippen LogP contribution in [-0.2, 0) is 9.59 Å². The number of rotatable bonds is 6. The molecule has 0 aliphatic heterocycles. The van der Waals surface area contributed by atoms with E-state index in [4.69, 9.17) is 10.2 Å². The summed E-state index contributed by atoms with van der Waals surface area (Å²) in [5, 5.41) is 16.9. The van der Waals surface area contributed by atoms with E-state index in [1.807, 2.05) is 6.92 Å². The van der Waals surface area contributed by atoms with Crippen LogP contribution in [0.25, 0.3) is 0 Å². The average molecular weight is 186 g/mol. The molecule has 0 saturated carbocycles. The van der Waals surface area contributed by atoms with Gasteiger partial charge in [0, 0.05) is 6.42 Å². The Morgan fingerprint density at radius 3 is 2.15 bits per heavy atom. The van der Waals surface area contributed by atoms with E-state index >= 15 is 0 Å². The van der Waals surface area contributed by atoms with Gasteiger partial charge in [-0.05, 0) is 12.8 Å². The van der Waals surface area contributed by atoms with Crippen LogP contribution in [0, 0.1) is 0 Å². The molecule has 0 aromatic heterocycles. The van der Waals surface area contributed by atoms with Crippen molar-refractivity contribution in [3.8, 4) is 0 Å². The monoisotopic (exact) mass is 186 g/mol. The molecule has 0 aromatic carbocycles. The van der Waals surface area contributed by atoms with Crippen LogP contribution in [0.3, 0.4) is 0 Å². The highest BCUT2D eigenvalue weighted by atomic mass is 16.4. The van der Waals surface area contributed by atoms with Crippen LogP contribution in [0.2, 0.25) is 0 Å². The lowest BCUT2D eigenvalue weighted by molar-refractivity contribution is -0.138. The Morgan fingerprint density at radius 1 is 1.15 bits per heavy atom. The van der Waals surface area contributed by atoms with Gasteiger partial charge in [-0.2, -0.15) is 0 Å². The zero-order chi connectivity index (χ0) is 10.3. The van der Waals surface area contributed by atoms with Gasteiger partial charge in [-0.1, -0.05) is 18.6 Å². The van der Waals surface area contributed by atoms with Gasteiger partial charge in [-0.3, -0.25) is 9.59 Å². The lowest BCUT2D eigenvalue weighted by Gasteiger charge is -2.01. The van der Waals surface area contributed by atoms with Crippen LogP contribution >= 0.6 is 0 Å². The lowest BCUT2D eigenvalue weighted by Crippen LogP contribution is -2.01. The molecule has 74 valence electrons. The zero-order valence-corrected chi connectivity index (χ0v) is 7.62. The summed E-state index contributed by atoms with van der Waals surface area (Å²) in [6.07, 6.45) is 2.79. The average Bonchev–Trinajstić information content (AvgIpc) is 1.99. The number of carboxylic acid groups (broad SMARTS) is 2. The topological polar surface area (TPSA) is 74.6 Å². The quantitative estimate of drug-likeness (QED) is 0.618. The van der Waals surface area contributed by atoms with Gasteiger partial charge in [-0.15, -0.1) is 0 Å². The maximum Gasteiger partial charge on any atom is 0.307 e. The van der Waals surface area contributed by atoms with Crippen molar-refractivity contribution in [1.82, 2.24) is 0 Å². The maximum atomic E-state index is 10.3. The van der Waals surface area contributed by atoms with E-state index in [2.05, 4.69) is 0 Å². The fraction of sp³-hybridized carbons (Fsp3) is 0.556. The Balaban J connectivity index is 4.03. The Hall–Kier alpha value is -1.32. The second-order valence-corrected chi connectivity index (χ2v) is 2.73. The van der Waals surface area contributed by atoms with Crippen molar-refractivity contribution in [2.75, 3.05) is 0 Å². The number of carboxylic acids is 2. The highest BCUT2D eigenvalue weighted by Gasteiger charge is 2.05. The first-order valence-corrected chi connectivity index (χ1v) is 4.17. The fourth-order valence-electron chi connectivity index (χ4n) is 1.01. The van der Waals surface area contributed by atoms with Gasteiger partial charge >= 0.3 is 11.9 Å². The number of hydrogen-bond acceptors (Lipinski definition) is 2. The van der Waals surface area contributed by atoms with Gasteiger partial charge in [0.2, 0.25) is 0 Å². The molecule has 0 fully saturated rings. The molecule has 0 aliphatic carbocycles. The number of allylic oxidation sites excluding steroid dienone is 1. The third-order valence-corrected chi connectivity index (χ3v) is 1.53. The smallest absolute Gasteiger partial charge is 0.307 e. The highest BCUT2D eigenvalue weighted by molar-refractivity contribution is 5.71. The van der Waals surface area contributed by atoms with Gasteiger partial charge in [0.1, 0.15) is 0 Å². The molecule has 4 nitrogen and oxygen atoms in total. The normalized spacial score (nSPS) is 11.3. The molecule has 0 unspecified atom stereocenters. The molecule has 0 aliphatic rings. The van der Waals surface area contributed by atoms with Crippen molar-refractivity contribution in [3.05, 3.63) is 11.6 Å². The number of hydrogen-bond donors (Lipinski definition) is 2. The van der Waals surface area contributed by atoms with Crippen LogP contribution in [0.4, 0.5) is 0 Å². The Labute approximate surface area is 76.9 Å². The lowest BCUT2D eigenvalue weighted by atomic mass is 10.1. The van der Waals surface area contributed by atoms with Crippen molar-refractivity contribution >= 4 is 11.9 Å². The molecule has 0 atom stereocenters. The van der Waals surface area contributed by atoms with Crippen LogP contribution in [0.15, 0.2) is 11.6 Å². The fourth-order valence-corrected chi connectivity index (χ4v) is 1.01. The van der Waals surface area contributed by atoms with Gasteiger partial charge in [0.25, 0.3) is 0 Å². The number of aliphatic carboxylic acids is 2. The molecule has 0 bridgehead atoms. The summed E-state index contributed by atoms with van der Waals surface area (Å²) in [4.78, 5) is 20.6.